The molecule has 0 aliphatic carbocycles. The van der Waals surface area contributed by atoms with Gasteiger partial charge in [0, 0.05) is 18.0 Å². The number of nitrogens with one attached hydrogen (secondary N) is 2. The Morgan fingerprint density at radius 1 is 1.33 bits per heavy atom. The number of H-pyrrole nitrogens is 1. The highest BCUT2D eigenvalue weighted by Crippen LogP contribution is 2.24. The Balaban J connectivity index is 2.21. The molecule has 1 heterocycles. The molecule has 0 saturated carbocycles. The molecule has 2 aromatic rings. The standard InChI is InChI=1S/C16H18N2O3/c1-3-8-21-15-7-5-4-6-13(15)18-16(20)12-10-17-11(2)9-14(12)19/h4-7,9-10H,3,8H2,1-2H3,(H,17,19)(H,18,20). The summed E-state index contributed by atoms with van der Waals surface area (Å²) in [5.74, 6) is 0.139. The number of hydrogen-bond acceptors (Lipinski definition) is 3. The minimum absolute atomic E-state index is 0.0749. The Labute approximate surface area is 123 Å². The van der Waals surface area contributed by atoms with Gasteiger partial charge in [0.05, 0.1) is 12.3 Å². The fourth-order valence-electron chi connectivity index (χ4n) is 1.85. The van der Waals surface area contributed by atoms with E-state index in [-0.39, 0.29) is 11.0 Å². The number of carbonyl (C=O) groups is 1. The molecule has 0 bridgehead atoms. The van der Waals surface area contributed by atoms with Crippen LogP contribution < -0.4 is 15.5 Å². The molecular weight excluding hydrogens is 268 g/mol. The smallest absolute Gasteiger partial charge is 0.261 e. The molecule has 0 aliphatic rings. The van der Waals surface area contributed by atoms with E-state index in [1.165, 1.54) is 12.3 Å². The van der Waals surface area contributed by atoms with Crippen molar-refractivity contribution in [3.05, 3.63) is 58.0 Å². The maximum absolute atomic E-state index is 12.2. The summed E-state index contributed by atoms with van der Waals surface area (Å²) in [6, 6.07) is 8.55. The topological polar surface area (TPSA) is 71.2 Å². The number of ether oxygens (including phenoxy) is 1. The highest BCUT2D eigenvalue weighted by molar-refractivity contribution is 6.04. The zero-order valence-electron chi connectivity index (χ0n) is 12.1. The second-order valence-electron chi connectivity index (χ2n) is 4.69. The lowest BCUT2D eigenvalue weighted by Crippen LogP contribution is -2.21. The third-order valence-corrected chi connectivity index (χ3v) is 2.90. The van der Waals surface area contributed by atoms with Crippen molar-refractivity contribution in [3.8, 4) is 5.75 Å². The molecular formula is C16H18N2O3. The van der Waals surface area contributed by atoms with Crippen molar-refractivity contribution in [1.82, 2.24) is 4.98 Å². The van der Waals surface area contributed by atoms with Crippen LogP contribution in [0.2, 0.25) is 0 Å². The third-order valence-electron chi connectivity index (χ3n) is 2.90. The average molecular weight is 286 g/mol. The van der Waals surface area contributed by atoms with Crippen molar-refractivity contribution < 1.29 is 9.53 Å². The van der Waals surface area contributed by atoms with E-state index in [1.807, 2.05) is 13.0 Å². The zero-order valence-corrected chi connectivity index (χ0v) is 12.1. The summed E-state index contributed by atoms with van der Waals surface area (Å²) < 4.78 is 5.57. The van der Waals surface area contributed by atoms with Gasteiger partial charge in [-0.3, -0.25) is 9.59 Å². The van der Waals surface area contributed by atoms with Crippen LogP contribution in [-0.2, 0) is 0 Å². The number of benzene rings is 1. The summed E-state index contributed by atoms with van der Waals surface area (Å²) in [4.78, 5) is 26.9. The lowest BCUT2D eigenvalue weighted by Gasteiger charge is -2.11. The van der Waals surface area contributed by atoms with Crippen LogP contribution in [0.4, 0.5) is 5.69 Å². The number of aryl methyl sites for hydroxylation is 1. The molecule has 0 atom stereocenters. The van der Waals surface area contributed by atoms with Crippen LogP contribution in [-0.4, -0.2) is 17.5 Å². The number of anilines is 1. The molecule has 1 aromatic carbocycles. The minimum atomic E-state index is -0.455. The van der Waals surface area contributed by atoms with E-state index in [9.17, 15) is 9.59 Å². The van der Waals surface area contributed by atoms with E-state index in [2.05, 4.69) is 10.3 Å². The number of carbonyl (C=O) groups excluding carboxylic acids is 1. The fourth-order valence-corrected chi connectivity index (χ4v) is 1.85. The van der Waals surface area contributed by atoms with Gasteiger partial charge in [-0.05, 0) is 25.5 Å². The monoisotopic (exact) mass is 286 g/mol. The van der Waals surface area contributed by atoms with Crippen LogP contribution in [0.25, 0.3) is 0 Å². The summed E-state index contributed by atoms with van der Waals surface area (Å²) in [5, 5.41) is 2.71. The Morgan fingerprint density at radius 2 is 2.10 bits per heavy atom. The molecule has 0 spiro atoms. The Bertz CT molecular complexity index is 692. The average Bonchev–Trinajstić information content (AvgIpc) is 2.46. The van der Waals surface area contributed by atoms with E-state index in [0.717, 1.165) is 6.42 Å². The quantitative estimate of drug-likeness (QED) is 0.887. The molecule has 21 heavy (non-hydrogen) atoms. The summed E-state index contributed by atoms with van der Waals surface area (Å²) in [7, 11) is 0. The number of hydrogen-bond donors (Lipinski definition) is 2. The maximum Gasteiger partial charge on any atom is 0.261 e. The summed E-state index contributed by atoms with van der Waals surface area (Å²) in [6.07, 6.45) is 2.29. The number of aromatic nitrogens is 1. The first-order valence-electron chi connectivity index (χ1n) is 6.84. The molecule has 0 radical (unpaired) electrons. The van der Waals surface area contributed by atoms with Gasteiger partial charge in [0.25, 0.3) is 5.91 Å². The molecule has 0 fully saturated rings. The van der Waals surface area contributed by atoms with Crippen molar-refractivity contribution in [2.45, 2.75) is 20.3 Å². The molecule has 5 heteroatoms. The molecule has 1 aromatic heterocycles. The lowest BCUT2D eigenvalue weighted by atomic mass is 10.2. The molecule has 110 valence electrons. The van der Waals surface area contributed by atoms with E-state index >= 15 is 0 Å². The largest absolute Gasteiger partial charge is 0.491 e. The lowest BCUT2D eigenvalue weighted by molar-refractivity contribution is 0.102. The predicted molar refractivity (Wildman–Crippen MR) is 82.0 cm³/mol. The third kappa shape index (κ3) is 3.72. The van der Waals surface area contributed by atoms with Gasteiger partial charge < -0.3 is 15.0 Å². The van der Waals surface area contributed by atoms with E-state index in [0.29, 0.717) is 23.7 Å². The molecule has 1 amide bonds. The van der Waals surface area contributed by atoms with Crippen LogP contribution >= 0.6 is 0 Å². The number of amides is 1. The van der Waals surface area contributed by atoms with Gasteiger partial charge in [-0.15, -0.1) is 0 Å². The molecule has 5 nitrogen and oxygen atoms in total. The number of rotatable bonds is 5. The molecule has 0 aliphatic heterocycles. The first-order chi connectivity index (χ1) is 10.1. The van der Waals surface area contributed by atoms with Crippen molar-refractivity contribution in [3.63, 3.8) is 0 Å². The Hall–Kier alpha value is -2.56. The normalized spacial score (nSPS) is 10.2. The highest BCUT2D eigenvalue weighted by atomic mass is 16.5. The van der Waals surface area contributed by atoms with Gasteiger partial charge in [0.1, 0.15) is 11.3 Å². The summed E-state index contributed by atoms with van der Waals surface area (Å²) in [6.45, 7) is 4.34. The fraction of sp³-hybridized carbons (Fsp3) is 0.250. The maximum atomic E-state index is 12.2. The van der Waals surface area contributed by atoms with Crippen LogP contribution in [0, 0.1) is 6.92 Å². The molecule has 2 rings (SSSR count). The molecule has 2 N–H and O–H groups in total. The number of para-hydroxylation sites is 2. The summed E-state index contributed by atoms with van der Waals surface area (Å²) in [5.41, 5.74) is 1.03. The van der Waals surface area contributed by atoms with E-state index < -0.39 is 5.91 Å². The van der Waals surface area contributed by atoms with Gasteiger partial charge in [0.15, 0.2) is 5.43 Å². The van der Waals surface area contributed by atoms with E-state index in [1.54, 1.807) is 25.1 Å². The summed E-state index contributed by atoms with van der Waals surface area (Å²) >= 11 is 0. The van der Waals surface area contributed by atoms with Gasteiger partial charge >= 0.3 is 0 Å². The molecule has 0 saturated heterocycles. The van der Waals surface area contributed by atoms with Crippen molar-refractivity contribution in [1.29, 1.82) is 0 Å². The predicted octanol–water partition coefficient (Wildman–Crippen LogP) is 2.72. The van der Waals surface area contributed by atoms with Crippen molar-refractivity contribution in [2.24, 2.45) is 0 Å². The van der Waals surface area contributed by atoms with Gasteiger partial charge in [-0.25, -0.2) is 0 Å². The van der Waals surface area contributed by atoms with Crippen molar-refractivity contribution >= 4 is 11.6 Å². The highest BCUT2D eigenvalue weighted by Gasteiger charge is 2.12. The van der Waals surface area contributed by atoms with Crippen LogP contribution in [0.5, 0.6) is 5.75 Å². The van der Waals surface area contributed by atoms with Crippen LogP contribution in [0.15, 0.2) is 41.3 Å². The van der Waals surface area contributed by atoms with Crippen LogP contribution in [0.1, 0.15) is 29.4 Å². The first kappa shape index (κ1) is 14.8. The van der Waals surface area contributed by atoms with E-state index in [4.69, 9.17) is 4.74 Å². The molecule has 0 unspecified atom stereocenters. The van der Waals surface area contributed by atoms with Crippen LogP contribution in [0.3, 0.4) is 0 Å². The second-order valence-corrected chi connectivity index (χ2v) is 4.69. The van der Waals surface area contributed by atoms with Crippen molar-refractivity contribution in [2.75, 3.05) is 11.9 Å². The number of pyridine rings is 1. The zero-order chi connectivity index (χ0) is 15.2. The van der Waals surface area contributed by atoms with Gasteiger partial charge in [-0.1, -0.05) is 19.1 Å². The number of aromatic amines is 1. The Morgan fingerprint density at radius 3 is 2.81 bits per heavy atom. The minimum Gasteiger partial charge on any atom is -0.491 e. The van der Waals surface area contributed by atoms with Gasteiger partial charge in [0.2, 0.25) is 0 Å². The second kappa shape index (κ2) is 6.74. The van der Waals surface area contributed by atoms with Gasteiger partial charge in [-0.2, -0.15) is 0 Å². The SMILES string of the molecule is CCCOc1ccccc1NC(=O)c1c[nH]c(C)cc1=O. The Kier molecular flexibility index (Phi) is 4.77. The first-order valence-corrected chi connectivity index (χ1v) is 6.84.